The molecule has 5 nitrogen and oxygen atoms in total. The van der Waals surface area contributed by atoms with E-state index >= 15 is 0 Å². The van der Waals surface area contributed by atoms with Gasteiger partial charge >= 0.3 is 0 Å². The van der Waals surface area contributed by atoms with E-state index in [-0.39, 0.29) is 24.7 Å². The first-order chi connectivity index (χ1) is 12.1. The Labute approximate surface area is 149 Å². The topological polar surface area (TPSA) is 42.0 Å². The maximum atomic E-state index is 12.6. The lowest BCUT2D eigenvalue weighted by molar-refractivity contribution is -0.159. The van der Waals surface area contributed by atoms with Gasteiger partial charge in [-0.3, -0.25) is 9.69 Å². The van der Waals surface area contributed by atoms with Crippen LogP contribution in [0.25, 0.3) is 0 Å². The molecular formula is C20H28N2O3. The third-order valence-corrected chi connectivity index (χ3v) is 5.99. The Balaban J connectivity index is 1.49. The second-order valence-electron chi connectivity index (χ2n) is 7.63. The number of amides is 1. The van der Waals surface area contributed by atoms with E-state index in [2.05, 4.69) is 41.8 Å². The summed E-state index contributed by atoms with van der Waals surface area (Å²) in [7, 11) is 0. The summed E-state index contributed by atoms with van der Waals surface area (Å²) in [6.45, 7) is 8.87. The van der Waals surface area contributed by atoms with Crippen molar-refractivity contribution in [2.45, 2.75) is 51.4 Å². The van der Waals surface area contributed by atoms with Gasteiger partial charge in [-0.2, -0.15) is 0 Å². The summed E-state index contributed by atoms with van der Waals surface area (Å²) in [5.41, 5.74) is 4.09. The third-order valence-electron chi connectivity index (χ3n) is 5.99. The molecule has 0 spiro atoms. The van der Waals surface area contributed by atoms with Crippen molar-refractivity contribution in [2.75, 3.05) is 32.9 Å². The molecule has 0 saturated carbocycles. The van der Waals surface area contributed by atoms with E-state index < -0.39 is 0 Å². The fraction of sp³-hybridized carbons (Fsp3) is 0.650. The van der Waals surface area contributed by atoms with Crippen molar-refractivity contribution in [2.24, 2.45) is 0 Å². The van der Waals surface area contributed by atoms with Gasteiger partial charge in [-0.15, -0.1) is 0 Å². The monoisotopic (exact) mass is 344 g/mol. The fourth-order valence-corrected chi connectivity index (χ4v) is 4.59. The molecular weight excluding hydrogens is 316 g/mol. The van der Waals surface area contributed by atoms with Crippen LogP contribution in [0.5, 0.6) is 0 Å². The quantitative estimate of drug-likeness (QED) is 0.840. The zero-order valence-electron chi connectivity index (χ0n) is 15.2. The number of carbonyl (C=O) groups excluding carboxylic acids is 1. The van der Waals surface area contributed by atoms with E-state index in [9.17, 15) is 4.79 Å². The Morgan fingerprint density at radius 3 is 2.56 bits per heavy atom. The van der Waals surface area contributed by atoms with Crippen LogP contribution < -0.4 is 0 Å². The van der Waals surface area contributed by atoms with E-state index in [1.807, 2.05) is 0 Å². The number of hydrogen-bond acceptors (Lipinski definition) is 4. The maximum absolute atomic E-state index is 12.6. The zero-order valence-corrected chi connectivity index (χ0v) is 15.2. The fourth-order valence-electron chi connectivity index (χ4n) is 4.59. The first-order valence-electron chi connectivity index (χ1n) is 9.41. The van der Waals surface area contributed by atoms with E-state index in [1.54, 1.807) is 0 Å². The summed E-state index contributed by atoms with van der Waals surface area (Å²) >= 11 is 0. The number of hydrogen-bond donors (Lipinski definition) is 0. The number of fused-ring (bicyclic) bond motifs is 1. The summed E-state index contributed by atoms with van der Waals surface area (Å²) in [6.07, 6.45) is 2.04. The van der Waals surface area contributed by atoms with Crippen molar-refractivity contribution in [3.63, 3.8) is 0 Å². The lowest BCUT2D eigenvalue weighted by atomic mass is 10.0. The Kier molecular flexibility index (Phi) is 4.80. The predicted octanol–water partition coefficient (Wildman–Crippen LogP) is 1.89. The second-order valence-corrected chi connectivity index (χ2v) is 7.63. The molecule has 0 aliphatic carbocycles. The number of likely N-dealkylation sites (tertiary alicyclic amines) is 1. The molecule has 0 unspecified atom stereocenters. The van der Waals surface area contributed by atoms with Gasteiger partial charge < -0.3 is 14.4 Å². The number of morpholine rings is 1. The molecule has 1 aromatic rings. The van der Waals surface area contributed by atoms with Crippen molar-refractivity contribution in [3.8, 4) is 0 Å². The van der Waals surface area contributed by atoms with Crippen molar-refractivity contribution in [1.82, 2.24) is 9.80 Å². The number of benzene rings is 1. The largest absolute Gasteiger partial charge is 0.381 e. The Morgan fingerprint density at radius 1 is 1.12 bits per heavy atom. The van der Waals surface area contributed by atoms with Crippen molar-refractivity contribution in [3.05, 3.63) is 34.9 Å². The lowest BCUT2D eigenvalue weighted by Crippen LogP contribution is -2.58. The number of nitrogens with zero attached hydrogens (tertiary/aromatic N) is 2. The van der Waals surface area contributed by atoms with E-state index in [0.717, 1.165) is 45.7 Å². The summed E-state index contributed by atoms with van der Waals surface area (Å²) in [4.78, 5) is 17.1. The van der Waals surface area contributed by atoms with Crippen molar-refractivity contribution in [1.29, 1.82) is 0 Å². The van der Waals surface area contributed by atoms with Gasteiger partial charge in [0.1, 0.15) is 6.61 Å². The molecule has 0 radical (unpaired) electrons. The molecule has 25 heavy (non-hydrogen) atoms. The molecule has 5 heteroatoms. The molecule has 2 atom stereocenters. The first-order valence-corrected chi connectivity index (χ1v) is 9.41. The standard InChI is InChI=1S/C20H28N2O3/c1-14-4-3-5-15(2)17(14)10-21-11-18-19(12-21)25-13-20(23)22(18)16-6-8-24-9-7-16/h3-5,16,18-19H,6-13H2,1-2H3/t18-,19-/m0/s1. The highest BCUT2D eigenvalue weighted by atomic mass is 16.5. The molecule has 136 valence electrons. The molecule has 3 heterocycles. The molecule has 0 aromatic heterocycles. The number of aryl methyl sites for hydroxylation is 2. The average Bonchev–Trinajstić information content (AvgIpc) is 3.01. The molecule has 3 saturated heterocycles. The van der Waals surface area contributed by atoms with Crippen LogP contribution in [-0.4, -0.2) is 66.8 Å². The van der Waals surface area contributed by atoms with Gasteiger partial charge in [-0.05, 0) is 43.4 Å². The van der Waals surface area contributed by atoms with Crippen LogP contribution in [0.2, 0.25) is 0 Å². The normalized spacial score (nSPS) is 28.4. The molecule has 0 bridgehead atoms. The Bertz CT molecular complexity index is 622. The van der Waals surface area contributed by atoms with Crippen LogP contribution in [0.3, 0.4) is 0 Å². The van der Waals surface area contributed by atoms with Gasteiger partial charge in [0.25, 0.3) is 0 Å². The first kappa shape index (κ1) is 17.0. The van der Waals surface area contributed by atoms with E-state index in [4.69, 9.17) is 9.47 Å². The Hall–Kier alpha value is -1.43. The van der Waals surface area contributed by atoms with Crippen LogP contribution in [0.1, 0.15) is 29.5 Å². The van der Waals surface area contributed by atoms with Gasteiger partial charge in [0, 0.05) is 38.9 Å². The number of rotatable bonds is 3. The summed E-state index contributed by atoms with van der Waals surface area (Å²) in [5.74, 6) is 0.155. The van der Waals surface area contributed by atoms with Crippen molar-refractivity contribution < 1.29 is 14.3 Å². The molecule has 1 aromatic carbocycles. The molecule has 4 rings (SSSR count). The average molecular weight is 344 g/mol. The highest BCUT2D eigenvalue weighted by molar-refractivity contribution is 5.79. The van der Waals surface area contributed by atoms with Gasteiger partial charge in [-0.25, -0.2) is 0 Å². The molecule has 0 N–H and O–H groups in total. The zero-order chi connectivity index (χ0) is 17.4. The minimum absolute atomic E-state index is 0.143. The smallest absolute Gasteiger partial charge is 0.249 e. The molecule has 3 aliphatic heterocycles. The van der Waals surface area contributed by atoms with Crippen LogP contribution in [0.4, 0.5) is 0 Å². The molecule has 3 fully saturated rings. The SMILES string of the molecule is Cc1cccc(C)c1CN1C[C@@H]2OCC(=O)N(C3CCOCC3)[C@H]2C1. The van der Waals surface area contributed by atoms with E-state index in [0.29, 0.717) is 6.04 Å². The highest BCUT2D eigenvalue weighted by Crippen LogP contribution is 2.30. The third kappa shape index (κ3) is 3.33. The van der Waals surface area contributed by atoms with E-state index in [1.165, 1.54) is 16.7 Å². The van der Waals surface area contributed by atoms with Crippen molar-refractivity contribution >= 4 is 5.91 Å². The van der Waals surface area contributed by atoms with Gasteiger partial charge in [0.05, 0.1) is 12.1 Å². The summed E-state index contributed by atoms with van der Waals surface area (Å²) < 4.78 is 11.4. The predicted molar refractivity (Wildman–Crippen MR) is 95.4 cm³/mol. The van der Waals surface area contributed by atoms with Crippen LogP contribution in [-0.2, 0) is 20.8 Å². The maximum Gasteiger partial charge on any atom is 0.249 e. The van der Waals surface area contributed by atoms with Crippen LogP contribution in [0.15, 0.2) is 18.2 Å². The summed E-state index contributed by atoms with van der Waals surface area (Å²) in [6, 6.07) is 6.98. The second kappa shape index (κ2) is 7.06. The minimum Gasteiger partial charge on any atom is -0.381 e. The lowest BCUT2D eigenvalue weighted by Gasteiger charge is -2.43. The molecule has 1 amide bonds. The Morgan fingerprint density at radius 2 is 1.84 bits per heavy atom. The van der Waals surface area contributed by atoms with Gasteiger partial charge in [-0.1, -0.05) is 18.2 Å². The van der Waals surface area contributed by atoms with Crippen LogP contribution >= 0.6 is 0 Å². The number of carbonyl (C=O) groups is 1. The van der Waals surface area contributed by atoms with Gasteiger partial charge in [0.15, 0.2) is 0 Å². The number of ether oxygens (including phenoxy) is 2. The summed E-state index contributed by atoms with van der Waals surface area (Å²) in [5, 5.41) is 0. The highest BCUT2D eigenvalue weighted by Gasteiger charge is 2.45. The van der Waals surface area contributed by atoms with Crippen LogP contribution in [0, 0.1) is 13.8 Å². The molecule has 3 aliphatic rings. The minimum atomic E-state index is 0.143. The van der Waals surface area contributed by atoms with Gasteiger partial charge in [0.2, 0.25) is 5.91 Å².